The first-order valence-corrected chi connectivity index (χ1v) is 8.47. The third-order valence-corrected chi connectivity index (χ3v) is 3.74. The van der Waals surface area contributed by atoms with Crippen molar-refractivity contribution in [3.05, 3.63) is 52.0 Å². The van der Waals surface area contributed by atoms with Gasteiger partial charge in [0.1, 0.15) is 0 Å². The van der Waals surface area contributed by atoms with E-state index < -0.39 is 0 Å². The second-order valence-corrected chi connectivity index (χ2v) is 6.14. The molecule has 0 aliphatic heterocycles. The number of hydrogen-bond acceptors (Lipinski definition) is 3. The number of anilines is 2. The number of nitrogens with one attached hydrogen (secondary N) is 2. The molecule has 2 aromatic rings. The van der Waals surface area contributed by atoms with Crippen LogP contribution in [0.5, 0.6) is 5.75 Å². The Kier molecular flexibility index (Phi) is 6.67. The first-order valence-electron chi connectivity index (χ1n) is 7.71. The van der Waals surface area contributed by atoms with Gasteiger partial charge < -0.3 is 15.4 Å². The average Bonchev–Trinajstić information content (AvgIpc) is 2.55. The Hall–Kier alpha value is -2.24. The third-order valence-electron chi connectivity index (χ3n) is 3.17. The number of hydrogen-bond donors (Lipinski definition) is 2. The zero-order valence-electron chi connectivity index (χ0n) is 13.9. The van der Waals surface area contributed by atoms with Crippen molar-refractivity contribution in [1.82, 2.24) is 0 Å². The second-order valence-electron chi connectivity index (χ2n) is 5.33. The van der Waals surface area contributed by atoms with Crippen LogP contribution in [0.4, 0.5) is 11.4 Å². The number of amides is 2. The molecule has 0 spiro atoms. The number of benzene rings is 2. The van der Waals surface area contributed by atoms with E-state index in [1.165, 1.54) is 19.1 Å². The Labute approximate surface area is 156 Å². The topological polar surface area (TPSA) is 67.4 Å². The lowest BCUT2D eigenvalue weighted by Crippen LogP contribution is -2.12. The molecule has 0 bridgehead atoms. The molecule has 0 heterocycles. The summed E-state index contributed by atoms with van der Waals surface area (Å²) in [5.41, 5.74) is 1.55. The van der Waals surface area contributed by atoms with E-state index in [1.807, 2.05) is 6.92 Å². The minimum Gasteiger partial charge on any atom is -0.490 e. The summed E-state index contributed by atoms with van der Waals surface area (Å²) in [6, 6.07) is 9.78. The molecule has 2 rings (SSSR count). The van der Waals surface area contributed by atoms with Gasteiger partial charge in [0, 0.05) is 23.9 Å². The predicted molar refractivity (Wildman–Crippen MR) is 101 cm³/mol. The summed E-state index contributed by atoms with van der Waals surface area (Å²) in [5.74, 6) is -0.133. The lowest BCUT2D eigenvalue weighted by molar-refractivity contribution is -0.114. The fraction of sp³-hybridized carbons (Fsp3) is 0.222. The van der Waals surface area contributed by atoms with Gasteiger partial charge in [0.2, 0.25) is 5.91 Å². The molecule has 132 valence electrons. The van der Waals surface area contributed by atoms with E-state index >= 15 is 0 Å². The van der Waals surface area contributed by atoms with E-state index in [2.05, 4.69) is 10.6 Å². The van der Waals surface area contributed by atoms with Gasteiger partial charge >= 0.3 is 0 Å². The SMILES string of the molecule is CCCOc1c(Cl)cc(C(=O)Nc2ccc(NC(C)=O)cc2)cc1Cl. The molecule has 2 aromatic carbocycles. The molecule has 2 amide bonds. The van der Waals surface area contributed by atoms with Crippen molar-refractivity contribution >= 4 is 46.4 Å². The molecule has 7 heteroatoms. The average molecular weight is 381 g/mol. The maximum absolute atomic E-state index is 12.4. The normalized spacial score (nSPS) is 10.2. The van der Waals surface area contributed by atoms with Crippen LogP contribution in [-0.2, 0) is 4.79 Å². The number of halogens is 2. The summed E-state index contributed by atoms with van der Waals surface area (Å²) in [6.45, 7) is 3.89. The van der Waals surface area contributed by atoms with Crippen LogP contribution >= 0.6 is 23.2 Å². The monoisotopic (exact) mass is 380 g/mol. The molecule has 2 N–H and O–H groups in total. The summed E-state index contributed by atoms with van der Waals surface area (Å²) in [7, 11) is 0. The molecule has 0 aliphatic rings. The van der Waals surface area contributed by atoms with Crippen molar-refractivity contribution in [2.24, 2.45) is 0 Å². The van der Waals surface area contributed by atoms with Crippen molar-refractivity contribution in [3.8, 4) is 5.75 Å². The lowest BCUT2D eigenvalue weighted by Gasteiger charge is -2.12. The van der Waals surface area contributed by atoms with Crippen molar-refractivity contribution in [3.63, 3.8) is 0 Å². The number of carbonyl (C=O) groups is 2. The molecular formula is C18H18Cl2N2O3. The molecular weight excluding hydrogens is 363 g/mol. The molecule has 0 saturated carbocycles. The van der Waals surface area contributed by atoms with E-state index in [-0.39, 0.29) is 21.9 Å². The van der Waals surface area contributed by atoms with Gasteiger partial charge in [-0.2, -0.15) is 0 Å². The third kappa shape index (κ3) is 5.37. The van der Waals surface area contributed by atoms with Gasteiger partial charge in [-0.3, -0.25) is 9.59 Å². The van der Waals surface area contributed by atoms with Crippen LogP contribution in [-0.4, -0.2) is 18.4 Å². The minimum atomic E-state index is -0.349. The van der Waals surface area contributed by atoms with Crippen LogP contribution in [0.15, 0.2) is 36.4 Å². The highest BCUT2D eigenvalue weighted by molar-refractivity contribution is 6.37. The van der Waals surface area contributed by atoms with Crippen LogP contribution in [0, 0.1) is 0 Å². The fourth-order valence-electron chi connectivity index (χ4n) is 2.08. The van der Waals surface area contributed by atoms with Crippen LogP contribution in [0.3, 0.4) is 0 Å². The molecule has 0 radical (unpaired) electrons. The zero-order valence-corrected chi connectivity index (χ0v) is 15.4. The summed E-state index contributed by atoms with van der Waals surface area (Å²) in [4.78, 5) is 23.4. The van der Waals surface area contributed by atoms with Gasteiger partial charge in [-0.05, 0) is 42.8 Å². The van der Waals surface area contributed by atoms with Gasteiger partial charge in [0.05, 0.1) is 16.7 Å². The summed E-state index contributed by atoms with van der Waals surface area (Å²) >= 11 is 12.3. The highest BCUT2D eigenvalue weighted by Crippen LogP contribution is 2.34. The van der Waals surface area contributed by atoms with Gasteiger partial charge in [-0.25, -0.2) is 0 Å². The van der Waals surface area contributed by atoms with Crippen molar-refractivity contribution < 1.29 is 14.3 Å². The second kappa shape index (κ2) is 8.74. The van der Waals surface area contributed by atoms with Gasteiger partial charge in [0.25, 0.3) is 5.91 Å². The number of ether oxygens (including phenoxy) is 1. The Morgan fingerprint density at radius 1 is 1.00 bits per heavy atom. The van der Waals surface area contributed by atoms with Crippen molar-refractivity contribution in [1.29, 1.82) is 0 Å². The first kappa shape index (κ1) is 19.1. The summed E-state index contributed by atoms with van der Waals surface area (Å²) < 4.78 is 5.48. The molecule has 0 aromatic heterocycles. The van der Waals surface area contributed by atoms with Crippen LogP contribution in [0.25, 0.3) is 0 Å². The van der Waals surface area contributed by atoms with Crippen molar-refractivity contribution in [2.75, 3.05) is 17.2 Å². The maximum Gasteiger partial charge on any atom is 0.255 e. The van der Waals surface area contributed by atoms with Crippen molar-refractivity contribution in [2.45, 2.75) is 20.3 Å². The molecule has 25 heavy (non-hydrogen) atoms. The molecule has 0 atom stereocenters. The Bertz CT molecular complexity index is 753. The van der Waals surface area contributed by atoms with Gasteiger partial charge in [0.15, 0.2) is 5.75 Å². The van der Waals surface area contributed by atoms with Crippen LogP contribution in [0.1, 0.15) is 30.6 Å². The number of rotatable bonds is 6. The van der Waals surface area contributed by atoms with Gasteiger partial charge in [-0.15, -0.1) is 0 Å². The Morgan fingerprint density at radius 3 is 2.00 bits per heavy atom. The van der Waals surface area contributed by atoms with E-state index in [0.717, 1.165) is 6.42 Å². The molecule has 0 aliphatic carbocycles. The van der Waals surface area contributed by atoms with E-state index in [4.69, 9.17) is 27.9 Å². The first-order chi connectivity index (χ1) is 11.9. The lowest BCUT2D eigenvalue weighted by atomic mass is 10.2. The maximum atomic E-state index is 12.4. The molecule has 5 nitrogen and oxygen atoms in total. The Balaban J connectivity index is 2.11. The predicted octanol–water partition coefficient (Wildman–Crippen LogP) is 4.99. The minimum absolute atomic E-state index is 0.161. The van der Waals surface area contributed by atoms with Crippen LogP contribution < -0.4 is 15.4 Å². The smallest absolute Gasteiger partial charge is 0.255 e. The molecule has 0 fully saturated rings. The quantitative estimate of drug-likeness (QED) is 0.741. The zero-order chi connectivity index (χ0) is 18.4. The summed E-state index contributed by atoms with van der Waals surface area (Å²) in [6.07, 6.45) is 0.823. The standard InChI is InChI=1S/C18H18Cl2N2O3/c1-3-8-25-17-15(19)9-12(10-16(17)20)18(24)22-14-6-4-13(5-7-14)21-11(2)23/h4-7,9-10H,3,8H2,1-2H3,(H,21,23)(H,22,24). The summed E-state index contributed by atoms with van der Waals surface area (Å²) in [5, 5.41) is 5.97. The number of carbonyl (C=O) groups excluding carboxylic acids is 2. The highest BCUT2D eigenvalue weighted by Gasteiger charge is 2.14. The van der Waals surface area contributed by atoms with E-state index in [0.29, 0.717) is 29.3 Å². The largest absolute Gasteiger partial charge is 0.490 e. The van der Waals surface area contributed by atoms with Gasteiger partial charge in [-0.1, -0.05) is 30.1 Å². The highest BCUT2D eigenvalue weighted by atomic mass is 35.5. The van der Waals surface area contributed by atoms with E-state index in [9.17, 15) is 9.59 Å². The molecule has 0 saturated heterocycles. The van der Waals surface area contributed by atoms with Crippen LogP contribution in [0.2, 0.25) is 10.0 Å². The molecule has 0 unspecified atom stereocenters. The fourth-order valence-corrected chi connectivity index (χ4v) is 2.67. The Morgan fingerprint density at radius 2 is 1.52 bits per heavy atom. The van der Waals surface area contributed by atoms with E-state index in [1.54, 1.807) is 24.3 Å².